The Labute approximate surface area is 168 Å². The van der Waals surface area contributed by atoms with Crippen molar-refractivity contribution in [3.8, 4) is 0 Å². The number of alkyl halides is 3. The molecular formula is C21H27F3N4O. The van der Waals surface area contributed by atoms with E-state index >= 15 is 0 Å². The van der Waals surface area contributed by atoms with Gasteiger partial charge >= 0.3 is 6.18 Å². The minimum absolute atomic E-state index is 0.207. The van der Waals surface area contributed by atoms with Crippen molar-refractivity contribution in [3.05, 3.63) is 52.8 Å². The molecular weight excluding hydrogens is 381 g/mol. The number of H-pyrrole nitrogens is 1. The lowest BCUT2D eigenvalue weighted by Crippen LogP contribution is -2.39. The van der Waals surface area contributed by atoms with Crippen LogP contribution in [0.3, 0.4) is 0 Å². The van der Waals surface area contributed by atoms with Crippen molar-refractivity contribution in [1.29, 1.82) is 0 Å². The molecule has 1 saturated heterocycles. The van der Waals surface area contributed by atoms with E-state index in [-0.39, 0.29) is 5.69 Å². The van der Waals surface area contributed by atoms with Crippen molar-refractivity contribution in [2.75, 3.05) is 26.2 Å². The standard InChI is InChI=1S/C21H27F3N4O/c1-16-8-4-5-9-17(16)15-28(13-12-27-10-6-2-3-7-11-27)20(29)18-14-19(26-25-18)21(22,23)24/h4-5,8-9,14H,2-3,6-7,10-13,15H2,1H3,(H,25,26). The molecule has 5 nitrogen and oxygen atoms in total. The quantitative estimate of drug-likeness (QED) is 0.777. The summed E-state index contributed by atoms with van der Waals surface area (Å²) in [5.74, 6) is -0.491. The second-order valence-corrected chi connectivity index (χ2v) is 7.57. The molecule has 29 heavy (non-hydrogen) atoms. The number of aromatic amines is 1. The first-order valence-corrected chi connectivity index (χ1v) is 10.0. The van der Waals surface area contributed by atoms with Crippen LogP contribution in [0.2, 0.25) is 0 Å². The van der Waals surface area contributed by atoms with Crippen molar-refractivity contribution in [1.82, 2.24) is 20.0 Å². The Morgan fingerprint density at radius 2 is 1.86 bits per heavy atom. The molecule has 1 fully saturated rings. The van der Waals surface area contributed by atoms with Gasteiger partial charge in [0.15, 0.2) is 5.69 Å². The van der Waals surface area contributed by atoms with Gasteiger partial charge in [0.1, 0.15) is 5.69 Å². The van der Waals surface area contributed by atoms with Crippen LogP contribution in [0.25, 0.3) is 0 Å². The second kappa shape index (κ2) is 9.43. The van der Waals surface area contributed by atoms with Crippen LogP contribution in [0.4, 0.5) is 13.2 Å². The lowest BCUT2D eigenvalue weighted by Gasteiger charge is -2.27. The van der Waals surface area contributed by atoms with Crippen LogP contribution in [0.1, 0.15) is 53.0 Å². The summed E-state index contributed by atoms with van der Waals surface area (Å²) in [7, 11) is 0. The van der Waals surface area contributed by atoms with E-state index in [0.29, 0.717) is 19.6 Å². The van der Waals surface area contributed by atoms with Crippen molar-refractivity contribution in [2.24, 2.45) is 0 Å². The first-order chi connectivity index (χ1) is 13.8. The van der Waals surface area contributed by atoms with Crippen LogP contribution in [0.15, 0.2) is 30.3 Å². The van der Waals surface area contributed by atoms with E-state index < -0.39 is 17.8 Å². The van der Waals surface area contributed by atoms with Crippen LogP contribution < -0.4 is 0 Å². The summed E-state index contributed by atoms with van der Waals surface area (Å²) in [5, 5.41) is 5.57. The van der Waals surface area contributed by atoms with Crippen molar-refractivity contribution >= 4 is 5.91 Å². The third-order valence-corrected chi connectivity index (χ3v) is 5.40. The van der Waals surface area contributed by atoms with E-state index in [1.807, 2.05) is 36.3 Å². The predicted octanol–water partition coefficient (Wildman–Crippen LogP) is 4.26. The number of halogens is 3. The van der Waals surface area contributed by atoms with Gasteiger partial charge in [-0.1, -0.05) is 37.1 Å². The molecule has 1 aromatic carbocycles. The molecule has 1 aliphatic rings. The minimum atomic E-state index is -4.56. The molecule has 0 saturated carbocycles. The molecule has 3 rings (SSSR count). The number of carbonyl (C=O) groups is 1. The Morgan fingerprint density at radius 3 is 2.48 bits per heavy atom. The fraction of sp³-hybridized carbons (Fsp3) is 0.524. The monoisotopic (exact) mass is 408 g/mol. The SMILES string of the molecule is Cc1ccccc1CN(CCN1CCCCCC1)C(=O)c1cc(C(F)(F)F)[nH]n1. The zero-order valence-corrected chi connectivity index (χ0v) is 16.6. The smallest absolute Gasteiger partial charge is 0.332 e. The first kappa shape index (κ1) is 21.4. The first-order valence-electron chi connectivity index (χ1n) is 10.0. The molecule has 0 radical (unpaired) electrons. The molecule has 0 aliphatic carbocycles. The second-order valence-electron chi connectivity index (χ2n) is 7.57. The number of amides is 1. The average molecular weight is 408 g/mol. The van der Waals surface area contributed by atoms with E-state index in [1.54, 1.807) is 4.90 Å². The Balaban J connectivity index is 1.76. The van der Waals surface area contributed by atoms with Crippen LogP contribution in [-0.4, -0.2) is 52.1 Å². The van der Waals surface area contributed by atoms with Crippen molar-refractivity contribution in [2.45, 2.75) is 45.3 Å². The van der Waals surface area contributed by atoms with Gasteiger partial charge in [-0.25, -0.2) is 0 Å². The van der Waals surface area contributed by atoms with Gasteiger partial charge in [0, 0.05) is 25.7 Å². The number of carbonyl (C=O) groups excluding carboxylic acids is 1. The van der Waals surface area contributed by atoms with Gasteiger partial charge in [0.2, 0.25) is 0 Å². The normalized spacial score (nSPS) is 15.9. The summed E-state index contributed by atoms with van der Waals surface area (Å²) >= 11 is 0. The molecule has 2 aromatic rings. The summed E-state index contributed by atoms with van der Waals surface area (Å²) in [4.78, 5) is 16.9. The highest BCUT2D eigenvalue weighted by Gasteiger charge is 2.34. The Hall–Kier alpha value is -2.35. The third-order valence-electron chi connectivity index (χ3n) is 5.40. The Bertz CT molecular complexity index is 810. The maximum Gasteiger partial charge on any atom is 0.432 e. The van der Waals surface area contributed by atoms with Crippen molar-refractivity contribution < 1.29 is 18.0 Å². The summed E-state index contributed by atoms with van der Waals surface area (Å²) in [6, 6.07) is 8.51. The zero-order chi connectivity index (χ0) is 20.9. The average Bonchev–Trinajstić information content (AvgIpc) is 3.05. The Kier molecular flexibility index (Phi) is 6.95. The van der Waals surface area contributed by atoms with Gasteiger partial charge in [0.25, 0.3) is 5.91 Å². The maximum atomic E-state index is 13.0. The van der Waals surface area contributed by atoms with Crippen LogP contribution in [-0.2, 0) is 12.7 Å². The molecule has 8 heteroatoms. The minimum Gasteiger partial charge on any atom is -0.332 e. The number of nitrogens with zero attached hydrogens (tertiary/aromatic N) is 3. The summed E-state index contributed by atoms with van der Waals surface area (Å²) in [6.07, 6.45) is 0.157. The third kappa shape index (κ3) is 5.82. The van der Waals surface area contributed by atoms with E-state index in [9.17, 15) is 18.0 Å². The largest absolute Gasteiger partial charge is 0.432 e. The highest BCUT2D eigenvalue weighted by molar-refractivity contribution is 5.92. The van der Waals surface area contributed by atoms with Gasteiger partial charge in [-0.15, -0.1) is 0 Å². The molecule has 1 aliphatic heterocycles. The van der Waals surface area contributed by atoms with Gasteiger partial charge < -0.3 is 9.80 Å². The van der Waals surface area contributed by atoms with E-state index in [1.165, 1.54) is 12.8 Å². The number of aryl methyl sites for hydroxylation is 1. The number of likely N-dealkylation sites (tertiary alicyclic amines) is 1. The van der Waals surface area contributed by atoms with Gasteiger partial charge in [-0.3, -0.25) is 9.89 Å². The number of benzene rings is 1. The van der Waals surface area contributed by atoms with E-state index in [2.05, 4.69) is 10.00 Å². The summed E-state index contributed by atoms with van der Waals surface area (Å²) in [6.45, 7) is 5.44. The lowest BCUT2D eigenvalue weighted by atomic mass is 10.1. The van der Waals surface area contributed by atoms with Gasteiger partial charge in [-0.2, -0.15) is 18.3 Å². The van der Waals surface area contributed by atoms with E-state index in [4.69, 9.17) is 0 Å². The molecule has 0 unspecified atom stereocenters. The predicted molar refractivity (Wildman–Crippen MR) is 104 cm³/mol. The molecule has 1 amide bonds. The van der Waals surface area contributed by atoms with Crippen LogP contribution in [0, 0.1) is 6.92 Å². The Morgan fingerprint density at radius 1 is 1.17 bits per heavy atom. The highest BCUT2D eigenvalue weighted by Crippen LogP contribution is 2.28. The molecule has 0 spiro atoms. The zero-order valence-electron chi connectivity index (χ0n) is 16.6. The lowest BCUT2D eigenvalue weighted by molar-refractivity contribution is -0.141. The molecule has 2 heterocycles. The fourth-order valence-corrected chi connectivity index (χ4v) is 3.61. The van der Waals surface area contributed by atoms with E-state index in [0.717, 1.165) is 43.1 Å². The summed E-state index contributed by atoms with van der Waals surface area (Å²) < 4.78 is 38.7. The van der Waals surface area contributed by atoms with Crippen LogP contribution in [0.5, 0.6) is 0 Å². The topological polar surface area (TPSA) is 52.2 Å². The number of hydrogen-bond donors (Lipinski definition) is 1. The molecule has 1 aromatic heterocycles. The summed E-state index contributed by atoms with van der Waals surface area (Å²) in [5.41, 5.74) is 0.798. The number of rotatable bonds is 6. The fourth-order valence-electron chi connectivity index (χ4n) is 3.61. The van der Waals surface area contributed by atoms with Crippen LogP contribution >= 0.6 is 0 Å². The molecule has 158 valence electrons. The molecule has 0 bridgehead atoms. The molecule has 0 atom stereocenters. The van der Waals surface area contributed by atoms with Crippen molar-refractivity contribution in [3.63, 3.8) is 0 Å². The van der Waals surface area contributed by atoms with Gasteiger partial charge in [-0.05, 0) is 44.0 Å². The number of nitrogens with one attached hydrogen (secondary N) is 1. The van der Waals surface area contributed by atoms with Gasteiger partial charge in [0.05, 0.1) is 0 Å². The number of aromatic nitrogens is 2. The maximum absolute atomic E-state index is 13.0. The highest BCUT2D eigenvalue weighted by atomic mass is 19.4. The molecule has 1 N–H and O–H groups in total. The number of hydrogen-bond acceptors (Lipinski definition) is 3.